The molecule has 2 aliphatic rings. The number of nitrogens with zero attached hydrogens (tertiary/aromatic N) is 2. The van der Waals surface area contributed by atoms with E-state index >= 15 is 0 Å². The summed E-state index contributed by atoms with van der Waals surface area (Å²) >= 11 is 0. The number of aromatic nitrogens is 1. The molecule has 0 spiro atoms. The normalized spacial score (nSPS) is 26.8. The van der Waals surface area contributed by atoms with Gasteiger partial charge in [-0.3, -0.25) is 9.78 Å². The summed E-state index contributed by atoms with van der Waals surface area (Å²) in [5.41, 5.74) is 1.23. The first-order valence-corrected chi connectivity index (χ1v) is 7.24. The van der Waals surface area contributed by atoms with Crippen LogP contribution in [0.4, 0.5) is 0 Å². The molecular formula is C15H21N3O. The van der Waals surface area contributed by atoms with Gasteiger partial charge in [-0.1, -0.05) is 0 Å². The summed E-state index contributed by atoms with van der Waals surface area (Å²) < 4.78 is 0. The molecule has 2 aliphatic heterocycles. The smallest absolute Gasteiger partial charge is 0.223 e. The SMILES string of the molecule is O=C(CC1CCNC1)N1CCCC1c1ccncc1. The minimum atomic E-state index is 0.268. The molecule has 1 amide bonds. The van der Waals surface area contributed by atoms with Gasteiger partial charge < -0.3 is 10.2 Å². The summed E-state index contributed by atoms with van der Waals surface area (Å²) in [6.07, 6.45) is 7.67. The zero-order valence-corrected chi connectivity index (χ0v) is 11.2. The third kappa shape index (κ3) is 2.78. The van der Waals surface area contributed by atoms with Crippen molar-refractivity contribution in [1.29, 1.82) is 0 Å². The number of nitrogens with one attached hydrogen (secondary N) is 1. The van der Waals surface area contributed by atoms with Gasteiger partial charge in [0.1, 0.15) is 0 Å². The van der Waals surface area contributed by atoms with E-state index in [2.05, 4.69) is 15.2 Å². The maximum atomic E-state index is 12.5. The number of carbonyl (C=O) groups is 1. The van der Waals surface area contributed by atoms with E-state index in [-0.39, 0.29) is 6.04 Å². The lowest BCUT2D eigenvalue weighted by molar-refractivity contribution is -0.133. The monoisotopic (exact) mass is 259 g/mol. The second-order valence-electron chi connectivity index (χ2n) is 5.59. The topological polar surface area (TPSA) is 45.2 Å². The van der Waals surface area contributed by atoms with E-state index in [4.69, 9.17) is 0 Å². The van der Waals surface area contributed by atoms with E-state index in [1.165, 1.54) is 5.56 Å². The van der Waals surface area contributed by atoms with Gasteiger partial charge >= 0.3 is 0 Å². The molecule has 4 heteroatoms. The maximum Gasteiger partial charge on any atom is 0.223 e. The van der Waals surface area contributed by atoms with E-state index in [1.807, 2.05) is 24.5 Å². The fourth-order valence-electron chi connectivity index (χ4n) is 3.25. The average Bonchev–Trinajstić information content (AvgIpc) is 3.10. The highest BCUT2D eigenvalue weighted by atomic mass is 16.2. The third-order valence-electron chi connectivity index (χ3n) is 4.29. The standard InChI is InChI=1S/C15H21N3O/c19-15(10-12-3-6-17-11-12)18-9-1-2-14(18)13-4-7-16-8-5-13/h4-5,7-8,12,14,17H,1-3,6,9-11H2. The van der Waals surface area contributed by atoms with Crippen molar-refractivity contribution in [3.05, 3.63) is 30.1 Å². The Bertz CT molecular complexity index is 428. The van der Waals surface area contributed by atoms with Gasteiger partial charge in [-0.05, 0) is 56.0 Å². The third-order valence-corrected chi connectivity index (χ3v) is 4.29. The molecule has 0 bridgehead atoms. The number of hydrogen-bond donors (Lipinski definition) is 1. The van der Waals surface area contributed by atoms with Crippen LogP contribution in [0, 0.1) is 5.92 Å². The van der Waals surface area contributed by atoms with Crippen molar-refractivity contribution in [3.63, 3.8) is 0 Å². The highest BCUT2D eigenvalue weighted by Gasteiger charge is 2.31. The van der Waals surface area contributed by atoms with Gasteiger partial charge in [-0.15, -0.1) is 0 Å². The van der Waals surface area contributed by atoms with Gasteiger partial charge in [0.15, 0.2) is 0 Å². The van der Waals surface area contributed by atoms with Crippen molar-refractivity contribution >= 4 is 5.91 Å². The number of pyridine rings is 1. The van der Waals surface area contributed by atoms with Gasteiger partial charge in [-0.25, -0.2) is 0 Å². The van der Waals surface area contributed by atoms with E-state index in [1.54, 1.807) is 0 Å². The summed E-state index contributed by atoms with van der Waals surface area (Å²) in [5.74, 6) is 0.860. The van der Waals surface area contributed by atoms with Gasteiger partial charge in [0.2, 0.25) is 5.91 Å². The van der Waals surface area contributed by atoms with E-state index in [0.717, 1.165) is 38.9 Å². The van der Waals surface area contributed by atoms with Gasteiger partial charge in [0.25, 0.3) is 0 Å². The molecule has 0 saturated carbocycles. The summed E-state index contributed by atoms with van der Waals surface area (Å²) in [5, 5.41) is 3.33. The first kappa shape index (κ1) is 12.6. The van der Waals surface area contributed by atoms with Crippen LogP contribution >= 0.6 is 0 Å². The van der Waals surface area contributed by atoms with Gasteiger partial charge in [-0.2, -0.15) is 0 Å². The molecule has 102 valence electrons. The number of rotatable bonds is 3. The number of likely N-dealkylation sites (tertiary alicyclic amines) is 1. The predicted octanol–water partition coefficient (Wildman–Crippen LogP) is 1.74. The Morgan fingerprint density at radius 1 is 1.37 bits per heavy atom. The summed E-state index contributed by atoms with van der Waals surface area (Å²) in [4.78, 5) is 18.6. The van der Waals surface area contributed by atoms with Crippen LogP contribution in [-0.4, -0.2) is 35.4 Å². The second kappa shape index (κ2) is 5.70. The van der Waals surface area contributed by atoms with Crippen LogP contribution in [0.25, 0.3) is 0 Å². The Balaban J connectivity index is 1.67. The lowest BCUT2D eigenvalue weighted by Gasteiger charge is -2.26. The van der Waals surface area contributed by atoms with E-state index in [0.29, 0.717) is 18.2 Å². The molecule has 3 heterocycles. The van der Waals surface area contributed by atoms with Crippen LogP contribution < -0.4 is 5.32 Å². The molecule has 2 atom stereocenters. The zero-order valence-electron chi connectivity index (χ0n) is 11.2. The summed E-state index contributed by atoms with van der Waals surface area (Å²) in [6, 6.07) is 4.34. The number of carbonyl (C=O) groups excluding carboxylic acids is 1. The largest absolute Gasteiger partial charge is 0.336 e. The Labute approximate surface area is 114 Å². The summed E-state index contributed by atoms with van der Waals surface area (Å²) in [6.45, 7) is 2.97. The van der Waals surface area contributed by atoms with Crippen molar-refractivity contribution in [2.75, 3.05) is 19.6 Å². The molecule has 1 aromatic rings. The molecule has 0 aliphatic carbocycles. The van der Waals surface area contributed by atoms with Crippen molar-refractivity contribution in [1.82, 2.24) is 15.2 Å². The van der Waals surface area contributed by atoms with Crippen LogP contribution in [0.5, 0.6) is 0 Å². The average molecular weight is 259 g/mol. The van der Waals surface area contributed by atoms with Gasteiger partial charge in [0, 0.05) is 25.4 Å². The lowest BCUT2D eigenvalue weighted by atomic mass is 10.0. The molecular weight excluding hydrogens is 238 g/mol. The van der Waals surface area contributed by atoms with Crippen molar-refractivity contribution < 1.29 is 4.79 Å². The lowest BCUT2D eigenvalue weighted by Crippen LogP contribution is -2.32. The minimum Gasteiger partial charge on any atom is -0.336 e. The Morgan fingerprint density at radius 3 is 2.95 bits per heavy atom. The minimum absolute atomic E-state index is 0.268. The van der Waals surface area contributed by atoms with E-state index in [9.17, 15) is 4.79 Å². The predicted molar refractivity (Wildman–Crippen MR) is 73.5 cm³/mol. The summed E-state index contributed by atoms with van der Waals surface area (Å²) in [7, 11) is 0. The fourth-order valence-corrected chi connectivity index (χ4v) is 3.25. The molecule has 0 radical (unpaired) electrons. The highest BCUT2D eigenvalue weighted by Crippen LogP contribution is 2.32. The molecule has 0 aromatic carbocycles. The first-order chi connectivity index (χ1) is 9.34. The molecule has 3 rings (SSSR count). The van der Waals surface area contributed by atoms with E-state index < -0.39 is 0 Å². The number of hydrogen-bond acceptors (Lipinski definition) is 3. The molecule has 1 aromatic heterocycles. The molecule has 2 unspecified atom stereocenters. The quantitative estimate of drug-likeness (QED) is 0.899. The van der Waals surface area contributed by atoms with Crippen molar-refractivity contribution in [2.45, 2.75) is 31.7 Å². The Hall–Kier alpha value is -1.42. The molecule has 1 N–H and O–H groups in total. The molecule has 2 saturated heterocycles. The first-order valence-electron chi connectivity index (χ1n) is 7.24. The highest BCUT2D eigenvalue weighted by molar-refractivity contribution is 5.77. The molecule has 4 nitrogen and oxygen atoms in total. The zero-order chi connectivity index (χ0) is 13.1. The Kier molecular flexibility index (Phi) is 3.78. The van der Waals surface area contributed by atoms with Gasteiger partial charge in [0.05, 0.1) is 6.04 Å². The second-order valence-corrected chi connectivity index (χ2v) is 5.59. The van der Waals surface area contributed by atoms with Crippen molar-refractivity contribution in [3.8, 4) is 0 Å². The van der Waals surface area contributed by atoms with Crippen LogP contribution in [-0.2, 0) is 4.79 Å². The van der Waals surface area contributed by atoms with Crippen LogP contribution in [0.1, 0.15) is 37.3 Å². The Morgan fingerprint density at radius 2 is 2.21 bits per heavy atom. The molecule has 19 heavy (non-hydrogen) atoms. The maximum absolute atomic E-state index is 12.5. The van der Waals surface area contributed by atoms with Crippen LogP contribution in [0.15, 0.2) is 24.5 Å². The van der Waals surface area contributed by atoms with Crippen LogP contribution in [0.2, 0.25) is 0 Å². The van der Waals surface area contributed by atoms with Crippen LogP contribution in [0.3, 0.4) is 0 Å². The van der Waals surface area contributed by atoms with Crippen molar-refractivity contribution in [2.24, 2.45) is 5.92 Å². The fraction of sp³-hybridized carbons (Fsp3) is 0.600. The molecule has 2 fully saturated rings. The number of amides is 1.